The van der Waals surface area contributed by atoms with Crippen LogP contribution in [-0.4, -0.2) is 18.0 Å². The summed E-state index contributed by atoms with van der Waals surface area (Å²) in [7, 11) is 0. The van der Waals surface area contributed by atoms with Crippen molar-refractivity contribution in [3.8, 4) is 5.75 Å². The first-order valence-electron chi connectivity index (χ1n) is 5.42. The number of aromatic hydroxyl groups is 1. The lowest BCUT2D eigenvalue weighted by Crippen LogP contribution is -1.91. The minimum Gasteiger partial charge on any atom is -0.507 e. The molecule has 3 nitrogen and oxygen atoms in total. The van der Waals surface area contributed by atoms with Crippen molar-refractivity contribution in [2.75, 3.05) is 24.0 Å². The van der Waals surface area contributed by atoms with Gasteiger partial charge in [0, 0.05) is 41.1 Å². The number of fused-ring (bicyclic) bond motifs is 3. The Labute approximate surface area is 105 Å². The molecule has 1 aliphatic heterocycles. The van der Waals surface area contributed by atoms with Gasteiger partial charge >= 0.3 is 0 Å². The molecule has 0 unspecified atom stereocenters. The molecule has 3 rings (SSSR count). The predicted octanol–water partition coefficient (Wildman–Crippen LogP) is 2.95. The Balaban J connectivity index is 0.000000514. The average molecular weight is 251 g/mol. The lowest BCUT2D eigenvalue weighted by atomic mass is 10.00. The number of hydrogen-bond acceptors (Lipinski definition) is 3. The molecular formula is C13H15ClN2O. The third kappa shape index (κ3) is 1.87. The van der Waals surface area contributed by atoms with Gasteiger partial charge in [-0.3, -0.25) is 0 Å². The number of rotatable bonds is 0. The highest BCUT2D eigenvalue weighted by molar-refractivity contribution is 6.15. The Kier molecular flexibility index (Phi) is 3.29. The zero-order valence-corrected chi connectivity index (χ0v) is 10.4. The Morgan fingerprint density at radius 1 is 1.35 bits per heavy atom. The monoisotopic (exact) mass is 250 g/mol. The first kappa shape index (κ1) is 11.9. The van der Waals surface area contributed by atoms with Crippen molar-refractivity contribution < 1.29 is 5.11 Å². The van der Waals surface area contributed by atoms with Crippen LogP contribution in [-0.2, 0) is 6.42 Å². The maximum absolute atomic E-state index is 9.86. The first-order chi connectivity index (χ1) is 8.27. The van der Waals surface area contributed by atoms with E-state index < -0.39 is 0 Å². The lowest BCUT2D eigenvalue weighted by Gasteiger charge is -2.09. The third-order valence-electron chi connectivity index (χ3n) is 2.97. The summed E-state index contributed by atoms with van der Waals surface area (Å²) in [6, 6.07) is 7.43. The van der Waals surface area contributed by atoms with Gasteiger partial charge in [-0.05, 0) is 18.1 Å². The molecule has 0 saturated heterocycles. The normalized spacial score (nSPS) is 12.6. The number of benzene rings is 2. The van der Waals surface area contributed by atoms with Crippen LogP contribution >= 0.6 is 11.6 Å². The summed E-state index contributed by atoms with van der Waals surface area (Å²) in [5.74, 6) is 0.297. The van der Waals surface area contributed by atoms with Crippen LogP contribution in [0, 0.1) is 0 Å². The molecule has 0 spiro atoms. The van der Waals surface area contributed by atoms with E-state index in [1.165, 1.54) is 11.9 Å². The van der Waals surface area contributed by atoms with Crippen LogP contribution in [0.3, 0.4) is 0 Å². The Morgan fingerprint density at radius 3 is 2.88 bits per heavy atom. The highest BCUT2D eigenvalue weighted by Crippen LogP contribution is 2.39. The van der Waals surface area contributed by atoms with Crippen molar-refractivity contribution in [3.63, 3.8) is 0 Å². The SMILES string of the molecule is CCl.Nc1cccc2c(O)cc3c(c12)CCN3. The third-order valence-corrected chi connectivity index (χ3v) is 2.97. The number of alkyl halides is 1. The van der Waals surface area contributed by atoms with E-state index in [2.05, 4.69) is 16.9 Å². The molecule has 90 valence electrons. The van der Waals surface area contributed by atoms with E-state index >= 15 is 0 Å². The lowest BCUT2D eigenvalue weighted by molar-refractivity contribution is 0.482. The van der Waals surface area contributed by atoms with E-state index in [9.17, 15) is 5.11 Å². The van der Waals surface area contributed by atoms with Crippen molar-refractivity contribution in [1.29, 1.82) is 0 Å². The van der Waals surface area contributed by atoms with Gasteiger partial charge in [0.2, 0.25) is 0 Å². The molecular weight excluding hydrogens is 236 g/mol. The fourth-order valence-corrected chi connectivity index (χ4v) is 2.30. The van der Waals surface area contributed by atoms with Gasteiger partial charge in [0.1, 0.15) is 5.75 Å². The molecule has 0 aliphatic carbocycles. The van der Waals surface area contributed by atoms with E-state index in [-0.39, 0.29) is 0 Å². The number of phenolic OH excluding ortho intramolecular Hbond substituents is 1. The summed E-state index contributed by atoms with van der Waals surface area (Å²) in [6.45, 7) is 0.919. The molecule has 0 aromatic heterocycles. The van der Waals surface area contributed by atoms with Crippen LogP contribution in [0.1, 0.15) is 5.56 Å². The molecule has 1 heterocycles. The first-order valence-corrected chi connectivity index (χ1v) is 6.17. The van der Waals surface area contributed by atoms with Crippen molar-refractivity contribution in [2.24, 2.45) is 0 Å². The van der Waals surface area contributed by atoms with Crippen LogP contribution in [0.25, 0.3) is 10.8 Å². The molecule has 4 N–H and O–H groups in total. The van der Waals surface area contributed by atoms with Gasteiger partial charge in [-0.2, -0.15) is 0 Å². The number of halogens is 1. The number of nitrogens with two attached hydrogens (primary N) is 1. The van der Waals surface area contributed by atoms with Gasteiger partial charge in [-0.15, -0.1) is 11.6 Å². The van der Waals surface area contributed by atoms with Crippen LogP contribution in [0.2, 0.25) is 0 Å². The molecule has 0 saturated carbocycles. The number of anilines is 2. The minimum absolute atomic E-state index is 0.297. The molecule has 0 bridgehead atoms. The van der Waals surface area contributed by atoms with Crippen molar-refractivity contribution in [3.05, 3.63) is 29.8 Å². The largest absolute Gasteiger partial charge is 0.507 e. The molecule has 0 atom stereocenters. The van der Waals surface area contributed by atoms with E-state index in [1.807, 2.05) is 18.2 Å². The molecule has 17 heavy (non-hydrogen) atoms. The summed E-state index contributed by atoms with van der Waals surface area (Å²) in [4.78, 5) is 0. The highest BCUT2D eigenvalue weighted by atomic mass is 35.5. The fraction of sp³-hybridized carbons (Fsp3) is 0.231. The molecule has 4 heteroatoms. The highest BCUT2D eigenvalue weighted by Gasteiger charge is 2.17. The van der Waals surface area contributed by atoms with Gasteiger partial charge in [0.05, 0.1) is 0 Å². The summed E-state index contributed by atoms with van der Waals surface area (Å²) < 4.78 is 0. The second-order valence-corrected chi connectivity index (χ2v) is 3.87. The molecule has 1 aliphatic rings. The smallest absolute Gasteiger partial charge is 0.125 e. The summed E-state index contributed by atoms with van der Waals surface area (Å²) in [6.07, 6.45) is 2.44. The Bertz CT molecular complexity index is 555. The topological polar surface area (TPSA) is 58.3 Å². The van der Waals surface area contributed by atoms with E-state index in [0.717, 1.165) is 35.1 Å². The maximum Gasteiger partial charge on any atom is 0.125 e. The zero-order valence-electron chi connectivity index (χ0n) is 9.63. The number of nitrogens with one attached hydrogen (secondary N) is 1. The molecule has 2 aromatic rings. The Morgan fingerprint density at radius 2 is 2.12 bits per heavy atom. The summed E-state index contributed by atoms with van der Waals surface area (Å²) >= 11 is 4.64. The van der Waals surface area contributed by atoms with Crippen LogP contribution in [0.5, 0.6) is 5.75 Å². The van der Waals surface area contributed by atoms with Crippen LogP contribution in [0.4, 0.5) is 11.4 Å². The maximum atomic E-state index is 9.86. The fourth-order valence-electron chi connectivity index (χ4n) is 2.30. The second-order valence-electron chi connectivity index (χ2n) is 3.87. The van der Waals surface area contributed by atoms with Gasteiger partial charge in [-0.1, -0.05) is 12.1 Å². The van der Waals surface area contributed by atoms with Gasteiger partial charge in [0.15, 0.2) is 0 Å². The quantitative estimate of drug-likeness (QED) is 0.498. The van der Waals surface area contributed by atoms with E-state index in [0.29, 0.717) is 5.75 Å². The van der Waals surface area contributed by atoms with Gasteiger partial charge in [-0.25, -0.2) is 0 Å². The van der Waals surface area contributed by atoms with E-state index in [4.69, 9.17) is 5.73 Å². The summed E-state index contributed by atoms with van der Waals surface area (Å²) in [5.41, 5.74) is 8.93. The van der Waals surface area contributed by atoms with Gasteiger partial charge in [0.25, 0.3) is 0 Å². The number of hydrogen-bond donors (Lipinski definition) is 3. The molecule has 0 radical (unpaired) electrons. The summed E-state index contributed by atoms with van der Waals surface area (Å²) in [5, 5.41) is 15.0. The second kappa shape index (κ2) is 4.72. The van der Waals surface area contributed by atoms with Crippen molar-refractivity contribution in [2.45, 2.75) is 6.42 Å². The molecule has 2 aromatic carbocycles. The van der Waals surface area contributed by atoms with E-state index in [1.54, 1.807) is 6.07 Å². The molecule has 0 fully saturated rings. The van der Waals surface area contributed by atoms with Crippen LogP contribution < -0.4 is 11.1 Å². The number of phenols is 1. The zero-order chi connectivity index (χ0) is 12.4. The standard InChI is InChI=1S/C12H12N2O.CH3Cl/c13-9-3-1-2-8-11(15)6-10-7(12(8)9)4-5-14-10;1-2/h1-3,6,14-15H,4-5,13H2;1H3. The van der Waals surface area contributed by atoms with Crippen molar-refractivity contribution in [1.82, 2.24) is 0 Å². The Hall–Kier alpha value is -1.61. The predicted molar refractivity (Wildman–Crippen MR) is 74.0 cm³/mol. The molecule has 0 amide bonds. The number of nitrogen functional groups attached to an aromatic ring is 1. The van der Waals surface area contributed by atoms with Crippen molar-refractivity contribution >= 4 is 33.7 Å². The van der Waals surface area contributed by atoms with Crippen LogP contribution in [0.15, 0.2) is 24.3 Å². The average Bonchev–Trinajstić information content (AvgIpc) is 2.80. The minimum atomic E-state index is 0.297. The van der Waals surface area contributed by atoms with Gasteiger partial charge < -0.3 is 16.2 Å².